The molecule has 0 saturated heterocycles. The van der Waals surface area contributed by atoms with Crippen molar-refractivity contribution in [1.82, 2.24) is 20.2 Å². The maximum absolute atomic E-state index is 5.03. The highest BCUT2D eigenvalue weighted by Crippen LogP contribution is 2.33. The van der Waals surface area contributed by atoms with Crippen LogP contribution in [0.15, 0.2) is 36.5 Å². The Morgan fingerprint density at radius 1 is 1.03 bits per heavy atom. The van der Waals surface area contributed by atoms with Crippen molar-refractivity contribution in [3.63, 3.8) is 0 Å². The minimum Gasteiger partial charge on any atom is -0.366 e. The van der Waals surface area contributed by atoms with Crippen LogP contribution in [0.5, 0.6) is 0 Å². The topological polar surface area (TPSA) is 57.7 Å². The van der Waals surface area contributed by atoms with E-state index < -0.39 is 0 Å². The summed E-state index contributed by atoms with van der Waals surface area (Å²) < 4.78 is 0. The maximum atomic E-state index is 5.03. The Morgan fingerprint density at radius 2 is 1.84 bits per heavy atom. The third kappa shape index (κ3) is 3.38. The van der Waals surface area contributed by atoms with Crippen LogP contribution in [-0.2, 0) is 13.0 Å². The number of hydrogen-bond acceptors (Lipinski definition) is 4. The van der Waals surface area contributed by atoms with Crippen LogP contribution < -0.4 is 4.90 Å². The second-order valence-electron chi connectivity index (χ2n) is 9.04. The van der Waals surface area contributed by atoms with E-state index in [1.54, 1.807) is 0 Å². The van der Waals surface area contributed by atoms with Crippen LogP contribution >= 0.6 is 0 Å². The monoisotopic (exact) mass is 411 g/mol. The lowest BCUT2D eigenvalue weighted by Crippen LogP contribution is -2.31. The van der Waals surface area contributed by atoms with Crippen molar-refractivity contribution in [2.24, 2.45) is 0 Å². The minimum atomic E-state index is 0.527. The van der Waals surface area contributed by atoms with Gasteiger partial charge in [0.1, 0.15) is 0 Å². The molecule has 0 aliphatic carbocycles. The third-order valence-electron chi connectivity index (χ3n) is 6.51. The normalized spacial score (nSPS) is 13.8. The molecule has 0 fully saturated rings. The van der Waals surface area contributed by atoms with E-state index in [-0.39, 0.29) is 0 Å². The van der Waals surface area contributed by atoms with Gasteiger partial charge in [-0.05, 0) is 55.5 Å². The summed E-state index contributed by atoms with van der Waals surface area (Å²) in [6, 6.07) is 11.0. The molecule has 31 heavy (non-hydrogen) atoms. The van der Waals surface area contributed by atoms with E-state index >= 15 is 0 Å². The number of benzene rings is 2. The van der Waals surface area contributed by atoms with Gasteiger partial charge in [-0.2, -0.15) is 5.10 Å². The van der Waals surface area contributed by atoms with Crippen molar-refractivity contribution in [3.8, 4) is 11.4 Å². The van der Waals surface area contributed by atoms with Gasteiger partial charge in [-0.25, -0.2) is 9.97 Å². The first-order valence-electron chi connectivity index (χ1n) is 11.1. The molecule has 0 atom stereocenters. The van der Waals surface area contributed by atoms with Gasteiger partial charge < -0.3 is 4.90 Å². The van der Waals surface area contributed by atoms with Gasteiger partial charge in [0.15, 0.2) is 5.82 Å². The second kappa shape index (κ2) is 7.49. The van der Waals surface area contributed by atoms with Crippen molar-refractivity contribution >= 4 is 16.6 Å². The van der Waals surface area contributed by atoms with E-state index in [1.807, 2.05) is 6.20 Å². The first-order chi connectivity index (χ1) is 14.9. The Balaban J connectivity index is 1.51. The summed E-state index contributed by atoms with van der Waals surface area (Å²) in [5.41, 5.74) is 10.7. The number of aromatic amines is 1. The average molecular weight is 412 g/mol. The Hall–Kier alpha value is -3.21. The molecule has 0 radical (unpaired) electrons. The molecular weight excluding hydrogens is 382 g/mol. The minimum absolute atomic E-state index is 0.527. The SMILES string of the molecule is Cc1ccc(C(C)C)cc1N1CCc2nc(-c3c(C)ccc4n[nH]c(C)c34)ncc2C1. The highest BCUT2D eigenvalue weighted by Gasteiger charge is 2.22. The maximum Gasteiger partial charge on any atom is 0.160 e. The zero-order chi connectivity index (χ0) is 21.7. The van der Waals surface area contributed by atoms with Crippen molar-refractivity contribution in [2.45, 2.75) is 53.5 Å². The third-order valence-corrected chi connectivity index (χ3v) is 6.51. The fourth-order valence-corrected chi connectivity index (χ4v) is 4.63. The smallest absolute Gasteiger partial charge is 0.160 e. The van der Waals surface area contributed by atoms with Gasteiger partial charge in [0, 0.05) is 53.6 Å². The predicted molar refractivity (Wildman–Crippen MR) is 127 cm³/mol. The van der Waals surface area contributed by atoms with Crippen LogP contribution in [0.1, 0.15) is 53.4 Å². The Kier molecular flexibility index (Phi) is 4.77. The molecule has 4 aromatic rings. The van der Waals surface area contributed by atoms with Gasteiger partial charge in [0.25, 0.3) is 0 Å². The fourth-order valence-electron chi connectivity index (χ4n) is 4.63. The molecule has 2 aromatic heterocycles. The molecule has 0 bridgehead atoms. The van der Waals surface area contributed by atoms with Gasteiger partial charge in [-0.3, -0.25) is 5.10 Å². The number of rotatable bonds is 3. The summed E-state index contributed by atoms with van der Waals surface area (Å²) in [5, 5.41) is 8.65. The lowest BCUT2D eigenvalue weighted by molar-refractivity contribution is 0.703. The zero-order valence-electron chi connectivity index (χ0n) is 19.0. The predicted octanol–water partition coefficient (Wildman–Crippen LogP) is 5.63. The summed E-state index contributed by atoms with van der Waals surface area (Å²) in [6.45, 7) is 12.7. The number of aryl methyl sites for hydroxylation is 3. The van der Waals surface area contributed by atoms with Gasteiger partial charge in [-0.15, -0.1) is 0 Å². The van der Waals surface area contributed by atoms with Crippen molar-refractivity contribution < 1.29 is 0 Å². The van der Waals surface area contributed by atoms with Crippen LogP contribution in [-0.4, -0.2) is 26.7 Å². The molecular formula is C26H29N5. The molecule has 0 amide bonds. The lowest BCUT2D eigenvalue weighted by atomic mass is 9.98. The molecule has 1 aliphatic heterocycles. The Morgan fingerprint density at radius 3 is 2.65 bits per heavy atom. The average Bonchev–Trinajstić information content (AvgIpc) is 3.14. The summed E-state index contributed by atoms with van der Waals surface area (Å²) in [7, 11) is 0. The molecule has 3 heterocycles. The second-order valence-corrected chi connectivity index (χ2v) is 9.04. The Bertz CT molecular complexity index is 1280. The van der Waals surface area contributed by atoms with Gasteiger partial charge in [0.2, 0.25) is 0 Å². The molecule has 5 nitrogen and oxygen atoms in total. The van der Waals surface area contributed by atoms with E-state index in [2.05, 4.69) is 80.0 Å². The van der Waals surface area contributed by atoms with Crippen molar-refractivity contribution in [1.29, 1.82) is 0 Å². The molecule has 5 rings (SSSR count). The summed E-state index contributed by atoms with van der Waals surface area (Å²) in [4.78, 5) is 12.3. The fraction of sp³-hybridized carbons (Fsp3) is 0.346. The van der Waals surface area contributed by atoms with E-state index in [4.69, 9.17) is 9.97 Å². The molecule has 158 valence electrons. The summed E-state index contributed by atoms with van der Waals surface area (Å²) in [6.07, 6.45) is 2.95. The van der Waals surface area contributed by atoms with Crippen LogP contribution in [0.3, 0.4) is 0 Å². The van der Waals surface area contributed by atoms with Crippen LogP contribution in [0.4, 0.5) is 5.69 Å². The molecule has 1 aliphatic rings. The van der Waals surface area contributed by atoms with E-state index in [1.165, 1.54) is 27.9 Å². The van der Waals surface area contributed by atoms with E-state index in [0.29, 0.717) is 5.92 Å². The molecule has 0 unspecified atom stereocenters. The first kappa shape index (κ1) is 19.7. The largest absolute Gasteiger partial charge is 0.366 e. The Labute approximate surface area is 183 Å². The molecule has 0 spiro atoms. The van der Waals surface area contributed by atoms with Crippen LogP contribution in [0.2, 0.25) is 0 Å². The molecule has 2 aromatic carbocycles. The number of nitrogens with zero attached hydrogens (tertiary/aromatic N) is 4. The molecule has 1 N–H and O–H groups in total. The van der Waals surface area contributed by atoms with Crippen molar-refractivity contribution in [2.75, 3.05) is 11.4 Å². The van der Waals surface area contributed by atoms with Crippen molar-refractivity contribution in [3.05, 3.63) is 70.2 Å². The number of H-pyrrole nitrogens is 1. The summed E-state index contributed by atoms with van der Waals surface area (Å²) in [5.74, 6) is 1.33. The summed E-state index contributed by atoms with van der Waals surface area (Å²) >= 11 is 0. The quantitative estimate of drug-likeness (QED) is 0.475. The highest BCUT2D eigenvalue weighted by atomic mass is 15.1. The number of hydrogen-bond donors (Lipinski definition) is 1. The van der Waals surface area contributed by atoms with Crippen LogP contribution in [0.25, 0.3) is 22.3 Å². The molecule has 5 heteroatoms. The lowest BCUT2D eigenvalue weighted by Gasteiger charge is -2.32. The van der Waals surface area contributed by atoms with Gasteiger partial charge in [-0.1, -0.05) is 32.0 Å². The number of nitrogens with one attached hydrogen (secondary N) is 1. The standard InChI is InChI=1S/C26H29N5/c1-15(2)19-8-6-16(3)23(12-19)31-11-10-21-20(14-31)13-27-26(28-21)24-17(4)7-9-22-25(24)18(5)29-30-22/h6-9,12-13,15H,10-11,14H2,1-5H3,(H,29,30). The van der Waals surface area contributed by atoms with E-state index in [0.717, 1.165) is 53.2 Å². The van der Waals surface area contributed by atoms with Gasteiger partial charge in [0.05, 0.1) is 11.2 Å². The number of anilines is 1. The highest BCUT2D eigenvalue weighted by molar-refractivity contribution is 5.96. The number of fused-ring (bicyclic) bond motifs is 2. The van der Waals surface area contributed by atoms with E-state index in [9.17, 15) is 0 Å². The number of aromatic nitrogens is 4. The molecule has 0 saturated carbocycles. The zero-order valence-corrected chi connectivity index (χ0v) is 19.0. The van der Waals surface area contributed by atoms with Crippen LogP contribution in [0, 0.1) is 20.8 Å². The first-order valence-corrected chi connectivity index (χ1v) is 11.1. The van der Waals surface area contributed by atoms with Gasteiger partial charge >= 0.3 is 0 Å².